The van der Waals surface area contributed by atoms with Gasteiger partial charge in [0.15, 0.2) is 0 Å². The Morgan fingerprint density at radius 2 is 1.55 bits per heavy atom. The molecule has 2 saturated heterocycles. The summed E-state index contributed by atoms with van der Waals surface area (Å²) in [6.45, 7) is 9.62. The molecule has 1 aromatic heterocycles. The summed E-state index contributed by atoms with van der Waals surface area (Å²) >= 11 is 0. The highest BCUT2D eigenvalue weighted by molar-refractivity contribution is 5.40. The molecule has 0 amide bonds. The van der Waals surface area contributed by atoms with E-state index >= 15 is 0 Å². The summed E-state index contributed by atoms with van der Waals surface area (Å²) < 4.78 is 0. The predicted molar refractivity (Wildman–Crippen MR) is 88.3 cm³/mol. The van der Waals surface area contributed by atoms with E-state index < -0.39 is 0 Å². The van der Waals surface area contributed by atoms with Crippen molar-refractivity contribution >= 4 is 5.82 Å². The Hall–Kier alpha value is -1.20. The molecule has 0 unspecified atom stereocenters. The summed E-state index contributed by atoms with van der Waals surface area (Å²) in [6, 6.07) is 2.22. The van der Waals surface area contributed by atoms with E-state index in [0.717, 1.165) is 32.0 Å². The number of anilines is 1. The average molecular weight is 301 g/mol. The van der Waals surface area contributed by atoms with Crippen LogP contribution in [0.25, 0.3) is 0 Å². The third-order valence-electron chi connectivity index (χ3n) is 5.30. The monoisotopic (exact) mass is 301 g/mol. The highest BCUT2D eigenvalue weighted by Gasteiger charge is 2.26. The molecule has 0 bridgehead atoms. The van der Waals surface area contributed by atoms with Gasteiger partial charge < -0.3 is 9.80 Å². The van der Waals surface area contributed by atoms with E-state index in [1.54, 1.807) is 6.33 Å². The first-order valence-corrected chi connectivity index (χ1v) is 8.90. The number of rotatable bonds is 5. The smallest absolute Gasteiger partial charge is 0.132 e. The van der Waals surface area contributed by atoms with Crippen LogP contribution in [0.1, 0.15) is 37.3 Å². The Morgan fingerprint density at radius 3 is 2.23 bits per heavy atom. The van der Waals surface area contributed by atoms with Crippen LogP contribution in [0.3, 0.4) is 0 Å². The van der Waals surface area contributed by atoms with E-state index in [9.17, 15) is 0 Å². The SMILES string of the molecule is c1nc(C2CC2)cc(N2CCN(CCN3CCCC3)CC2)n1. The van der Waals surface area contributed by atoms with Crippen LogP contribution in [0.15, 0.2) is 12.4 Å². The lowest BCUT2D eigenvalue weighted by molar-refractivity contribution is 0.215. The lowest BCUT2D eigenvalue weighted by atomic mass is 10.2. The van der Waals surface area contributed by atoms with Gasteiger partial charge in [-0.1, -0.05) is 0 Å². The van der Waals surface area contributed by atoms with Crippen LogP contribution in [0.5, 0.6) is 0 Å². The first-order valence-electron chi connectivity index (χ1n) is 8.90. The van der Waals surface area contributed by atoms with Gasteiger partial charge in [0.25, 0.3) is 0 Å². The Labute approximate surface area is 133 Å². The molecule has 3 heterocycles. The molecule has 22 heavy (non-hydrogen) atoms. The summed E-state index contributed by atoms with van der Waals surface area (Å²) in [5.74, 6) is 1.85. The van der Waals surface area contributed by atoms with Crippen molar-refractivity contribution in [3.8, 4) is 0 Å². The Balaban J connectivity index is 1.27. The van der Waals surface area contributed by atoms with Crippen molar-refractivity contribution in [3.63, 3.8) is 0 Å². The maximum absolute atomic E-state index is 4.50. The molecule has 5 nitrogen and oxygen atoms in total. The van der Waals surface area contributed by atoms with Crippen molar-refractivity contribution in [2.45, 2.75) is 31.6 Å². The Bertz CT molecular complexity index is 488. The van der Waals surface area contributed by atoms with Crippen molar-refractivity contribution in [3.05, 3.63) is 18.1 Å². The van der Waals surface area contributed by atoms with Crippen molar-refractivity contribution in [2.24, 2.45) is 0 Å². The van der Waals surface area contributed by atoms with Crippen molar-refractivity contribution in [2.75, 3.05) is 57.3 Å². The minimum absolute atomic E-state index is 0.712. The fourth-order valence-corrected chi connectivity index (χ4v) is 3.63. The van der Waals surface area contributed by atoms with Gasteiger partial charge in [-0.15, -0.1) is 0 Å². The van der Waals surface area contributed by atoms with E-state index in [1.165, 1.54) is 57.6 Å². The number of nitrogens with zero attached hydrogens (tertiary/aromatic N) is 5. The molecule has 3 fully saturated rings. The maximum atomic E-state index is 4.50. The molecule has 2 aliphatic heterocycles. The lowest BCUT2D eigenvalue weighted by Gasteiger charge is -2.36. The zero-order valence-electron chi connectivity index (χ0n) is 13.5. The Kier molecular flexibility index (Phi) is 4.26. The van der Waals surface area contributed by atoms with Crippen LogP contribution in [0.2, 0.25) is 0 Å². The van der Waals surface area contributed by atoms with Gasteiger partial charge >= 0.3 is 0 Å². The van der Waals surface area contributed by atoms with E-state index in [-0.39, 0.29) is 0 Å². The molecule has 0 radical (unpaired) electrons. The molecule has 0 aromatic carbocycles. The summed E-state index contributed by atoms with van der Waals surface area (Å²) in [5, 5.41) is 0. The molecular formula is C17H27N5. The summed E-state index contributed by atoms with van der Waals surface area (Å²) in [4.78, 5) is 16.6. The minimum Gasteiger partial charge on any atom is -0.354 e. The lowest BCUT2D eigenvalue weighted by Crippen LogP contribution is -2.48. The number of hydrogen-bond donors (Lipinski definition) is 0. The van der Waals surface area contributed by atoms with Gasteiger partial charge in [-0.25, -0.2) is 9.97 Å². The highest BCUT2D eigenvalue weighted by Crippen LogP contribution is 2.39. The molecule has 5 heteroatoms. The second-order valence-electron chi connectivity index (χ2n) is 6.95. The van der Waals surface area contributed by atoms with E-state index in [0.29, 0.717) is 5.92 Å². The van der Waals surface area contributed by atoms with Crippen LogP contribution in [-0.4, -0.2) is 72.1 Å². The zero-order chi connectivity index (χ0) is 14.8. The van der Waals surface area contributed by atoms with Crippen LogP contribution < -0.4 is 4.90 Å². The molecule has 120 valence electrons. The fourth-order valence-electron chi connectivity index (χ4n) is 3.63. The van der Waals surface area contributed by atoms with Crippen LogP contribution in [-0.2, 0) is 0 Å². The van der Waals surface area contributed by atoms with Gasteiger partial charge in [0, 0.05) is 56.9 Å². The first kappa shape index (κ1) is 14.4. The van der Waals surface area contributed by atoms with Crippen LogP contribution >= 0.6 is 0 Å². The Morgan fingerprint density at radius 1 is 0.864 bits per heavy atom. The van der Waals surface area contributed by atoms with Crippen molar-refractivity contribution in [1.29, 1.82) is 0 Å². The van der Waals surface area contributed by atoms with Gasteiger partial charge in [0.2, 0.25) is 0 Å². The molecule has 0 spiro atoms. The predicted octanol–water partition coefficient (Wildman–Crippen LogP) is 1.57. The van der Waals surface area contributed by atoms with Crippen molar-refractivity contribution < 1.29 is 0 Å². The second-order valence-corrected chi connectivity index (χ2v) is 6.95. The van der Waals surface area contributed by atoms with Crippen LogP contribution in [0, 0.1) is 0 Å². The quantitative estimate of drug-likeness (QED) is 0.825. The first-order chi connectivity index (χ1) is 10.9. The second kappa shape index (κ2) is 6.50. The molecular weight excluding hydrogens is 274 g/mol. The van der Waals surface area contributed by atoms with Gasteiger partial charge in [-0.05, 0) is 38.8 Å². The minimum atomic E-state index is 0.712. The van der Waals surface area contributed by atoms with Gasteiger partial charge in [-0.3, -0.25) is 4.90 Å². The summed E-state index contributed by atoms with van der Waals surface area (Å²) in [5.41, 5.74) is 1.25. The zero-order valence-corrected chi connectivity index (χ0v) is 13.5. The third kappa shape index (κ3) is 3.41. The molecule has 1 aromatic rings. The molecule has 3 aliphatic rings. The maximum Gasteiger partial charge on any atom is 0.132 e. The fraction of sp³-hybridized carbons (Fsp3) is 0.765. The van der Waals surface area contributed by atoms with E-state index in [1.807, 2.05) is 0 Å². The number of piperazine rings is 1. The topological polar surface area (TPSA) is 35.5 Å². The number of hydrogen-bond acceptors (Lipinski definition) is 5. The van der Waals surface area contributed by atoms with Crippen molar-refractivity contribution in [1.82, 2.24) is 19.8 Å². The molecule has 0 N–H and O–H groups in total. The molecule has 1 aliphatic carbocycles. The number of likely N-dealkylation sites (tertiary alicyclic amines) is 1. The summed E-state index contributed by atoms with van der Waals surface area (Å²) in [6.07, 6.45) is 7.15. The van der Waals surface area contributed by atoms with E-state index in [4.69, 9.17) is 0 Å². The highest BCUT2D eigenvalue weighted by atomic mass is 15.3. The third-order valence-corrected chi connectivity index (χ3v) is 5.30. The molecule has 0 atom stereocenters. The largest absolute Gasteiger partial charge is 0.354 e. The van der Waals surface area contributed by atoms with Crippen LogP contribution in [0.4, 0.5) is 5.82 Å². The molecule has 1 saturated carbocycles. The summed E-state index contributed by atoms with van der Waals surface area (Å²) in [7, 11) is 0. The standard InChI is InChI=1S/C17H27N5/c1-2-6-20(5-1)7-8-21-9-11-22(12-10-21)17-13-16(15-3-4-15)18-14-19-17/h13-15H,1-12H2. The van der Waals surface area contributed by atoms with E-state index in [2.05, 4.69) is 30.7 Å². The van der Waals surface area contributed by atoms with Gasteiger partial charge in [0.05, 0.1) is 0 Å². The number of aromatic nitrogens is 2. The van der Waals surface area contributed by atoms with Gasteiger partial charge in [-0.2, -0.15) is 0 Å². The molecule has 4 rings (SSSR count). The van der Waals surface area contributed by atoms with Gasteiger partial charge in [0.1, 0.15) is 12.1 Å². The normalized spacial score (nSPS) is 24.1. The average Bonchev–Trinajstić information content (AvgIpc) is 3.30.